The van der Waals surface area contributed by atoms with E-state index in [1.165, 1.54) is 0 Å². The summed E-state index contributed by atoms with van der Waals surface area (Å²) in [6, 6.07) is 15.6. The van der Waals surface area contributed by atoms with Gasteiger partial charge in [0.25, 0.3) is 0 Å². The van der Waals surface area contributed by atoms with Crippen LogP contribution in [0.5, 0.6) is 11.5 Å². The molecule has 0 bridgehead atoms. The average molecular weight is 409 g/mol. The van der Waals surface area contributed by atoms with Gasteiger partial charge in [-0.1, -0.05) is 50.2 Å². The van der Waals surface area contributed by atoms with Gasteiger partial charge >= 0.3 is 0 Å². The Labute approximate surface area is 172 Å². The van der Waals surface area contributed by atoms with Crippen LogP contribution < -0.4 is 9.47 Å². The maximum absolute atomic E-state index is 9.77. The fraction of sp³-hybridized carbons (Fsp3) is 0.429. The van der Waals surface area contributed by atoms with Crippen LogP contribution in [-0.4, -0.2) is 47.1 Å². The summed E-state index contributed by atoms with van der Waals surface area (Å²) in [5, 5.41) is 19.5. The molecule has 0 amide bonds. The lowest BCUT2D eigenvalue weighted by molar-refractivity contribution is 0.124. The lowest BCUT2D eigenvalue weighted by Gasteiger charge is -2.30. The highest BCUT2D eigenvalue weighted by atomic mass is 32.1. The Kier molecular flexibility index (Phi) is 8.35. The number of rotatable bonds is 10. The van der Waals surface area contributed by atoms with Crippen molar-refractivity contribution in [1.82, 2.24) is 0 Å². The molecule has 0 aliphatic carbocycles. The van der Waals surface area contributed by atoms with Crippen LogP contribution in [0.25, 0.3) is 0 Å². The van der Waals surface area contributed by atoms with Crippen LogP contribution in [0, 0.1) is 0 Å². The maximum atomic E-state index is 9.77. The fourth-order valence-corrected chi connectivity index (χ4v) is 3.05. The highest BCUT2D eigenvalue weighted by molar-refractivity contribution is 7.80. The third-order valence-corrected chi connectivity index (χ3v) is 5.25. The second-order valence-corrected chi connectivity index (χ2v) is 7.64. The Balaban J connectivity index is 2.33. The minimum absolute atomic E-state index is 0.183. The summed E-state index contributed by atoms with van der Waals surface area (Å²) in [5.41, 5.74) is 1.56. The zero-order chi connectivity index (χ0) is 19.9. The van der Waals surface area contributed by atoms with Gasteiger partial charge in [0.1, 0.15) is 24.7 Å². The maximum Gasteiger partial charge on any atom is 0.123 e. The predicted octanol–water partition coefficient (Wildman–Crippen LogP) is 3.35. The van der Waals surface area contributed by atoms with Crippen LogP contribution in [0.1, 0.15) is 25.0 Å². The molecule has 2 aromatic rings. The Bertz CT molecular complexity index is 661. The van der Waals surface area contributed by atoms with Crippen molar-refractivity contribution in [3.05, 3.63) is 59.7 Å². The quantitative estimate of drug-likeness (QED) is 0.456. The van der Waals surface area contributed by atoms with Crippen molar-refractivity contribution in [2.24, 2.45) is 0 Å². The molecule has 0 radical (unpaired) electrons. The van der Waals surface area contributed by atoms with Crippen LogP contribution in [0.3, 0.4) is 0 Å². The van der Waals surface area contributed by atoms with E-state index in [1.807, 2.05) is 48.5 Å². The fourth-order valence-electron chi connectivity index (χ4n) is 2.84. The molecule has 6 heteroatoms. The predicted molar refractivity (Wildman–Crippen MR) is 116 cm³/mol. The highest BCUT2D eigenvalue weighted by Crippen LogP contribution is 2.41. The molecule has 148 valence electrons. The number of thiol groups is 2. The van der Waals surface area contributed by atoms with Crippen molar-refractivity contribution in [1.29, 1.82) is 0 Å². The van der Waals surface area contributed by atoms with E-state index >= 15 is 0 Å². The summed E-state index contributed by atoms with van der Waals surface area (Å²) in [7, 11) is 0. The van der Waals surface area contributed by atoms with Crippen molar-refractivity contribution in [3.8, 4) is 11.5 Å². The SMILES string of the molecule is CC(C)(c1ccccc1OCC(O)CS)c1ccccc1OCC(O)CS. The van der Waals surface area contributed by atoms with Crippen LogP contribution in [0.4, 0.5) is 0 Å². The van der Waals surface area contributed by atoms with Gasteiger partial charge in [-0.15, -0.1) is 0 Å². The van der Waals surface area contributed by atoms with Crippen molar-refractivity contribution in [3.63, 3.8) is 0 Å². The Morgan fingerprint density at radius 3 is 1.52 bits per heavy atom. The standard InChI is InChI=1S/C21H28O4S2/c1-21(2,17-7-3-5-9-19(17)24-11-15(22)13-26)18-8-4-6-10-20(18)25-12-16(23)14-27/h3-10,15-16,22-23,26-27H,11-14H2,1-2H3. The Morgan fingerprint density at radius 2 is 1.15 bits per heavy atom. The Morgan fingerprint density at radius 1 is 0.778 bits per heavy atom. The smallest absolute Gasteiger partial charge is 0.123 e. The van der Waals surface area contributed by atoms with Crippen LogP contribution in [0.15, 0.2) is 48.5 Å². The summed E-state index contributed by atoms with van der Waals surface area (Å²) >= 11 is 8.18. The zero-order valence-electron chi connectivity index (χ0n) is 15.7. The van der Waals surface area contributed by atoms with Gasteiger partial charge in [0.2, 0.25) is 0 Å². The molecule has 0 saturated heterocycles. The van der Waals surface area contributed by atoms with E-state index in [9.17, 15) is 10.2 Å². The van der Waals surface area contributed by atoms with Gasteiger partial charge in [-0.25, -0.2) is 0 Å². The molecule has 0 aliphatic heterocycles. The third-order valence-electron chi connectivity index (χ3n) is 4.40. The van der Waals surface area contributed by atoms with Crippen LogP contribution in [-0.2, 0) is 5.41 Å². The number of hydrogen-bond donors (Lipinski definition) is 4. The second kappa shape index (κ2) is 10.3. The van der Waals surface area contributed by atoms with Gasteiger partial charge in [-0.2, -0.15) is 25.3 Å². The summed E-state index contributed by atoms with van der Waals surface area (Å²) < 4.78 is 11.7. The first-order chi connectivity index (χ1) is 12.9. The molecular formula is C21H28O4S2. The van der Waals surface area contributed by atoms with Crippen molar-refractivity contribution >= 4 is 25.3 Å². The number of aliphatic hydroxyl groups excluding tert-OH is 2. The minimum Gasteiger partial charge on any atom is -0.491 e. The van der Waals surface area contributed by atoms with Crippen molar-refractivity contribution in [2.45, 2.75) is 31.5 Å². The van der Waals surface area contributed by atoms with Gasteiger partial charge in [0.15, 0.2) is 0 Å². The summed E-state index contributed by atoms with van der Waals surface area (Å²) in [6.45, 7) is 4.56. The van der Waals surface area contributed by atoms with Crippen molar-refractivity contribution < 1.29 is 19.7 Å². The molecule has 27 heavy (non-hydrogen) atoms. The van der Waals surface area contributed by atoms with Gasteiger partial charge in [0, 0.05) is 28.0 Å². The van der Waals surface area contributed by atoms with E-state index in [0.717, 1.165) is 11.1 Å². The molecule has 0 saturated carbocycles. The molecule has 0 heterocycles. The van der Waals surface area contributed by atoms with Crippen LogP contribution >= 0.6 is 25.3 Å². The van der Waals surface area contributed by atoms with E-state index in [2.05, 4.69) is 39.1 Å². The molecule has 2 atom stereocenters. The van der Waals surface area contributed by atoms with Crippen LogP contribution in [0.2, 0.25) is 0 Å². The number of aliphatic hydroxyl groups is 2. The Hall–Kier alpha value is -1.34. The first-order valence-corrected chi connectivity index (χ1v) is 10.2. The number of para-hydroxylation sites is 2. The topological polar surface area (TPSA) is 58.9 Å². The number of benzene rings is 2. The normalized spacial score (nSPS) is 13.9. The number of ether oxygens (including phenoxy) is 2. The lowest BCUT2D eigenvalue weighted by Crippen LogP contribution is -2.25. The minimum atomic E-state index is -0.622. The number of hydrogen-bond acceptors (Lipinski definition) is 6. The average Bonchev–Trinajstić information content (AvgIpc) is 2.70. The summed E-state index contributed by atoms with van der Waals surface area (Å²) in [5.74, 6) is 2.12. The molecule has 2 aromatic carbocycles. The third kappa shape index (κ3) is 5.82. The molecule has 2 rings (SSSR count). The van der Waals surface area contributed by atoms with Gasteiger partial charge < -0.3 is 19.7 Å². The highest BCUT2D eigenvalue weighted by Gasteiger charge is 2.29. The van der Waals surface area contributed by atoms with Gasteiger partial charge in [-0.05, 0) is 12.1 Å². The molecule has 2 unspecified atom stereocenters. The molecule has 0 spiro atoms. The molecule has 2 N–H and O–H groups in total. The second-order valence-electron chi connectivity index (χ2n) is 6.91. The van der Waals surface area contributed by atoms with E-state index in [0.29, 0.717) is 23.0 Å². The van der Waals surface area contributed by atoms with Gasteiger partial charge in [-0.3, -0.25) is 0 Å². The van der Waals surface area contributed by atoms with E-state index < -0.39 is 17.6 Å². The molecule has 0 aliphatic rings. The zero-order valence-corrected chi connectivity index (χ0v) is 17.5. The van der Waals surface area contributed by atoms with Crippen molar-refractivity contribution in [2.75, 3.05) is 24.7 Å². The molecule has 0 aromatic heterocycles. The first-order valence-electron chi connectivity index (χ1n) is 8.92. The summed E-state index contributed by atoms with van der Waals surface area (Å²) in [6.07, 6.45) is -1.24. The molecule has 4 nitrogen and oxygen atoms in total. The van der Waals surface area contributed by atoms with E-state index in [1.54, 1.807) is 0 Å². The largest absolute Gasteiger partial charge is 0.491 e. The lowest BCUT2D eigenvalue weighted by atomic mass is 9.77. The molecular weight excluding hydrogens is 380 g/mol. The monoisotopic (exact) mass is 408 g/mol. The first kappa shape index (κ1) is 22.0. The summed E-state index contributed by atoms with van der Waals surface area (Å²) in [4.78, 5) is 0. The molecule has 0 fully saturated rings. The van der Waals surface area contributed by atoms with E-state index in [4.69, 9.17) is 9.47 Å². The van der Waals surface area contributed by atoms with E-state index in [-0.39, 0.29) is 13.2 Å². The van der Waals surface area contributed by atoms with Gasteiger partial charge in [0.05, 0.1) is 12.2 Å².